The lowest BCUT2D eigenvalue weighted by molar-refractivity contribution is -0.135. The van der Waals surface area contributed by atoms with Gasteiger partial charge in [0.15, 0.2) is 5.82 Å². The van der Waals surface area contributed by atoms with Gasteiger partial charge in [0.1, 0.15) is 5.69 Å². The minimum atomic E-state index is -4.23. The van der Waals surface area contributed by atoms with Crippen LogP contribution in [0.2, 0.25) is 0 Å². The standard InChI is InChI=1S/C23H20F3N7O2/c1-14-13-32-20(18(11-30-32)21(34)31-16-5-2-4-15(8-16)9-27)22(35)33(14)19-12-28-17(10-29-19)6-3-7-23(24,25)26/h2,4-5,8,10-12,14H,3,6-7,13H2,1H3,(H,31,34)/t14-/m0/s1. The molecule has 0 spiro atoms. The van der Waals surface area contributed by atoms with Gasteiger partial charge in [-0.15, -0.1) is 0 Å². The second-order valence-corrected chi connectivity index (χ2v) is 8.09. The summed E-state index contributed by atoms with van der Waals surface area (Å²) in [6.45, 7) is 2.09. The van der Waals surface area contributed by atoms with Crippen LogP contribution in [0.3, 0.4) is 0 Å². The monoisotopic (exact) mass is 483 g/mol. The lowest BCUT2D eigenvalue weighted by Crippen LogP contribution is -2.48. The molecule has 0 aliphatic carbocycles. The van der Waals surface area contributed by atoms with E-state index in [-0.39, 0.29) is 36.0 Å². The quantitative estimate of drug-likeness (QED) is 0.571. The van der Waals surface area contributed by atoms with Crippen molar-refractivity contribution in [3.63, 3.8) is 0 Å². The highest BCUT2D eigenvalue weighted by Gasteiger charge is 2.36. The van der Waals surface area contributed by atoms with E-state index in [0.717, 1.165) is 0 Å². The van der Waals surface area contributed by atoms with Gasteiger partial charge in [0, 0.05) is 12.1 Å². The van der Waals surface area contributed by atoms with Gasteiger partial charge < -0.3 is 5.32 Å². The Kier molecular flexibility index (Phi) is 6.50. The van der Waals surface area contributed by atoms with Gasteiger partial charge in [0.25, 0.3) is 11.8 Å². The van der Waals surface area contributed by atoms with Gasteiger partial charge in [0.05, 0.1) is 54.1 Å². The summed E-state index contributed by atoms with van der Waals surface area (Å²) in [5.74, 6) is -0.839. The topological polar surface area (TPSA) is 117 Å². The summed E-state index contributed by atoms with van der Waals surface area (Å²) in [5, 5.41) is 15.9. The number of carbonyl (C=O) groups is 2. The number of amides is 2. The maximum atomic E-state index is 13.4. The van der Waals surface area contributed by atoms with Gasteiger partial charge in [0.2, 0.25) is 0 Å². The largest absolute Gasteiger partial charge is 0.389 e. The molecule has 1 aliphatic heterocycles. The van der Waals surface area contributed by atoms with Gasteiger partial charge in [-0.3, -0.25) is 24.2 Å². The van der Waals surface area contributed by atoms with E-state index in [9.17, 15) is 22.8 Å². The maximum Gasteiger partial charge on any atom is 0.389 e. The number of benzene rings is 1. The fourth-order valence-corrected chi connectivity index (χ4v) is 3.83. The molecule has 2 aromatic heterocycles. The van der Waals surface area contributed by atoms with E-state index in [1.165, 1.54) is 34.2 Å². The molecule has 4 rings (SSSR count). The van der Waals surface area contributed by atoms with Crippen LogP contribution in [0.4, 0.5) is 24.7 Å². The van der Waals surface area contributed by atoms with Crippen LogP contribution in [0.15, 0.2) is 42.9 Å². The van der Waals surface area contributed by atoms with Gasteiger partial charge in [-0.25, -0.2) is 4.98 Å². The molecule has 0 unspecified atom stereocenters. The fourth-order valence-electron chi connectivity index (χ4n) is 3.83. The fraction of sp³-hybridized carbons (Fsp3) is 0.304. The maximum absolute atomic E-state index is 13.4. The molecule has 9 nitrogen and oxygen atoms in total. The van der Waals surface area contributed by atoms with Gasteiger partial charge in [-0.05, 0) is 38.0 Å². The number of hydrogen-bond donors (Lipinski definition) is 1. The van der Waals surface area contributed by atoms with E-state index < -0.39 is 24.4 Å². The third-order valence-corrected chi connectivity index (χ3v) is 5.46. The van der Waals surface area contributed by atoms with Crippen LogP contribution < -0.4 is 10.2 Å². The number of fused-ring (bicyclic) bond motifs is 1. The van der Waals surface area contributed by atoms with Gasteiger partial charge in [-0.1, -0.05) is 6.07 Å². The number of alkyl halides is 3. The minimum Gasteiger partial charge on any atom is -0.322 e. The summed E-state index contributed by atoms with van der Waals surface area (Å²) in [4.78, 5) is 36.1. The van der Waals surface area contributed by atoms with E-state index in [1.54, 1.807) is 25.1 Å². The van der Waals surface area contributed by atoms with Gasteiger partial charge >= 0.3 is 6.18 Å². The molecule has 35 heavy (non-hydrogen) atoms. The number of nitrogens with one attached hydrogen (secondary N) is 1. The van der Waals surface area contributed by atoms with Crippen molar-refractivity contribution in [1.29, 1.82) is 5.26 Å². The van der Waals surface area contributed by atoms with Crippen LogP contribution in [0.25, 0.3) is 0 Å². The highest BCUT2D eigenvalue weighted by molar-refractivity contribution is 6.15. The van der Waals surface area contributed by atoms with Crippen LogP contribution in [0, 0.1) is 11.3 Å². The molecule has 3 heterocycles. The van der Waals surface area contributed by atoms with Gasteiger partial charge in [-0.2, -0.15) is 23.5 Å². The molecule has 12 heteroatoms. The zero-order valence-electron chi connectivity index (χ0n) is 18.6. The summed E-state index contributed by atoms with van der Waals surface area (Å²) in [6, 6.07) is 7.99. The van der Waals surface area contributed by atoms with Crippen LogP contribution in [-0.2, 0) is 13.0 Å². The molecule has 0 bridgehead atoms. The number of hydrogen-bond acceptors (Lipinski definition) is 6. The smallest absolute Gasteiger partial charge is 0.322 e. The summed E-state index contributed by atoms with van der Waals surface area (Å²) in [5.41, 5.74) is 1.30. The minimum absolute atomic E-state index is 0.0611. The Morgan fingerprint density at radius 2 is 2.06 bits per heavy atom. The SMILES string of the molecule is C[C@H]1Cn2ncc(C(=O)Nc3cccc(C#N)c3)c2C(=O)N1c1cnc(CCCC(F)(F)F)cn1. The molecular formula is C23H20F3N7O2. The average Bonchev–Trinajstić information content (AvgIpc) is 3.23. The zero-order valence-corrected chi connectivity index (χ0v) is 18.6. The predicted octanol–water partition coefficient (Wildman–Crippen LogP) is 3.73. The first-order valence-electron chi connectivity index (χ1n) is 10.7. The molecule has 0 fully saturated rings. The van der Waals surface area contributed by atoms with Crippen LogP contribution >= 0.6 is 0 Å². The van der Waals surface area contributed by atoms with Crippen molar-refractivity contribution in [2.45, 2.75) is 44.9 Å². The Hall–Kier alpha value is -4.27. The van der Waals surface area contributed by atoms with E-state index in [0.29, 0.717) is 23.5 Å². The molecule has 0 radical (unpaired) electrons. The average molecular weight is 483 g/mol. The highest BCUT2D eigenvalue weighted by Crippen LogP contribution is 2.26. The predicted molar refractivity (Wildman–Crippen MR) is 119 cm³/mol. The summed E-state index contributed by atoms with van der Waals surface area (Å²) < 4.78 is 38.5. The Morgan fingerprint density at radius 1 is 1.26 bits per heavy atom. The number of aromatic nitrogens is 4. The summed E-state index contributed by atoms with van der Waals surface area (Å²) in [6.07, 6.45) is -1.12. The lowest BCUT2D eigenvalue weighted by atomic mass is 10.1. The van der Waals surface area contributed by atoms with E-state index in [4.69, 9.17) is 5.26 Å². The van der Waals surface area contributed by atoms with Crippen molar-refractivity contribution < 1.29 is 22.8 Å². The van der Waals surface area contributed by atoms with Crippen LogP contribution in [-0.4, -0.2) is 43.8 Å². The van der Waals surface area contributed by atoms with Crippen molar-refractivity contribution in [2.75, 3.05) is 10.2 Å². The van der Waals surface area contributed by atoms with Crippen molar-refractivity contribution in [2.24, 2.45) is 0 Å². The number of anilines is 2. The molecule has 3 aromatic rings. The molecule has 0 saturated heterocycles. The summed E-state index contributed by atoms with van der Waals surface area (Å²) >= 11 is 0. The Morgan fingerprint density at radius 3 is 2.74 bits per heavy atom. The zero-order chi connectivity index (χ0) is 25.2. The first-order valence-corrected chi connectivity index (χ1v) is 10.7. The second-order valence-electron chi connectivity index (χ2n) is 8.09. The van der Waals surface area contributed by atoms with E-state index >= 15 is 0 Å². The molecule has 1 aromatic carbocycles. The molecule has 0 saturated carbocycles. The number of nitrogens with zero attached hydrogens (tertiary/aromatic N) is 6. The van der Waals surface area contributed by atoms with E-state index in [2.05, 4.69) is 20.4 Å². The van der Waals surface area contributed by atoms with Crippen LogP contribution in [0.5, 0.6) is 0 Å². The van der Waals surface area contributed by atoms with Crippen molar-refractivity contribution in [3.05, 3.63) is 65.4 Å². The number of aryl methyl sites for hydroxylation is 1. The van der Waals surface area contributed by atoms with Crippen molar-refractivity contribution in [1.82, 2.24) is 19.7 Å². The summed E-state index contributed by atoms with van der Waals surface area (Å²) in [7, 11) is 0. The third kappa shape index (κ3) is 5.29. The number of halogens is 3. The molecular weight excluding hydrogens is 463 g/mol. The molecule has 1 aliphatic rings. The molecule has 1 N–H and O–H groups in total. The highest BCUT2D eigenvalue weighted by atomic mass is 19.4. The first kappa shape index (κ1) is 23.9. The molecule has 1 atom stereocenters. The Bertz CT molecular complexity index is 1300. The number of nitriles is 1. The van der Waals surface area contributed by atoms with E-state index in [1.807, 2.05) is 6.07 Å². The lowest BCUT2D eigenvalue weighted by Gasteiger charge is -2.33. The van der Waals surface area contributed by atoms with Crippen molar-refractivity contribution >= 4 is 23.3 Å². The normalized spacial score (nSPS) is 15.5. The number of carbonyl (C=O) groups excluding carboxylic acids is 2. The Balaban J connectivity index is 1.53. The number of rotatable bonds is 6. The van der Waals surface area contributed by atoms with Crippen molar-refractivity contribution in [3.8, 4) is 6.07 Å². The second kappa shape index (κ2) is 9.54. The van der Waals surface area contributed by atoms with Crippen LogP contribution in [0.1, 0.15) is 51.9 Å². The Labute approximate surface area is 198 Å². The first-order chi connectivity index (χ1) is 16.7. The third-order valence-electron chi connectivity index (χ3n) is 5.46. The molecule has 180 valence electrons. The molecule has 2 amide bonds.